The van der Waals surface area contributed by atoms with Gasteiger partial charge in [-0.15, -0.1) is 24.8 Å². The van der Waals surface area contributed by atoms with Crippen molar-refractivity contribution in [2.24, 2.45) is 10.9 Å². The van der Waals surface area contributed by atoms with Gasteiger partial charge < -0.3 is 21.5 Å². The summed E-state index contributed by atoms with van der Waals surface area (Å²) in [6.45, 7) is 5.49. The van der Waals surface area contributed by atoms with E-state index in [1.165, 1.54) is 17.7 Å². The molecule has 0 heterocycles. The summed E-state index contributed by atoms with van der Waals surface area (Å²) in [7, 11) is -3.57. The predicted octanol–water partition coefficient (Wildman–Crippen LogP) is 7.30. The maximum absolute atomic E-state index is 13.4. The average Bonchev–Trinajstić information content (AvgIpc) is 3.11. The second-order valence-electron chi connectivity index (χ2n) is 12.0. The second-order valence-corrected chi connectivity index (χ2v) is 14.6. The van der Waals surface area contributed by atoms with Gasteiger partial charge in [-0.2, -0.15) is 11.8 Å². The zero-order valence-corrected chi connectivity index (χ0v) is 33.2. The molecule has 0 bridgehead atoms. The molecular weight excluding hydrogens is 739 g/mol. The highest BCUT2D eigenvalue weighted by atomic mass is 35.5. The predicted molar refractivity (Wildman–Crippen MR) is 219 cm³/mol. The summed E-state index contributed by atoms with van der Waals surface area (Å²) in [5, 5.41) is 21.1. The number of nitrogens with two attached hydrogens (primary N) is 2. The summed E-state index contributed by atoms with van der Waals surface area (Å²) in [6.07, 6.45) is 6.46. The van der Waals surface area contributed by atoms with Crippen molar-refractivity contribution >= 4 is 58.5 Å². The summed E-state index contributed by atoms with van der Waals surface area (Å²) in [5.41, 5.74) is 12.0. The number of carbonyl (C=O) groups is 2. The number of hydrogen-bond donors (Lipinski definition) is 5. The van der Waals surface area contributed by atoms with Crippen molar-refractivity contribution in [3.8, 4) is 11.1 Å². The van der Waals surface area contributed by atoms with Crippen molar-refractivity contribution in [2.45, 2.75) is 69.5 Å². The van der Waals surface area contributed by atoms with Crippen LogP contribution in [0.2, 0.25) is 0 Å². The Kier molecular flexibility index (Phi) is 21.5. The number of hydrogen-bond acceptors (Lipinski definition) is 7. The van der Waals surface area contributed by atoms with Crippen LogP contribution < -0.4 is 21.5 Å². The molecular formula is C39H52Cl2N4O5S2. The molecule has 2 unspecified atom stereocenters. The maximum atomic E-state index is 13.4. The van der Waals surface area contributed by atoms with Crippen LogP contribution in [-0.4, -0.2) is 50.0 Å². The fourth-order valence-corrected chi connectivity index (χ4v) is 6.44. The van der Waals surface area contributed by atoms with Crippen molar-refractivity contribution < 1.29 is 23.1 Å². The lowest BCUT2D eigenvalue weighted by molar-refractivity contribution is -0.139. The number of carboxylic acids is 1. The largest absolute Gasteiger partial charge is 0.480 e. The second kappa shape index (κ2) is 24.0. The van der Waals surface area contributed by atoms with Crippen molar-refractivity contribution in [1.82, 2.24) is 10.6 Å². The molecule has 0 aromatic heterocycles. The number of sulfonamides is 1. The van der Waals surface area contributed by atoms with E-state index in [4.69, 9.17) is 10.9 Å². The Labute approximate surface area is 325 Å². The standard InChI is InChI=1S/C32H40N2O3S.C7H10N2O2S.2ClH/c1-4-5-15-29(33-20-18-24-12-7-6-8-13-24)25-16-17-27(28(22-25)26-14-10-9-11-23(26)2)31(35)34-30(32(36)37)19-21-38-3;8-5-6-1-3-7(4-2-6)12(9,10)11;;/h6-14,16-17,22,29-30,33H,4-5,15,18-21H2,1-3H3,(H,34,35)(H,36,37);1-4H,5,8H2,(H2,9,10,11);2*1H. The molecule has 4 rings (SSSR count). The number of nitrogens with one attached hydrogen (secondary N) is 2. The van der Waals surface area contributed by atoms with Crippen LogP contribution in [-0.2, 0) is 27.8 Å². The Hall–Kier alpha value is -3.42. The first-order valence-electron chi connectivity index (χ1n) is 16.8. The highest BCUT2D eigenvalue weighted by molar-refractivity contribution is 7.98. The molecule has 4 aromatic carbocycles. The fourth-order valence-electron chi connectivity index (χ4n) is 5.45. The normalized spacial score (nSPS) is 11.9. The number of rotatable bonds is 17. The van der Waals surface area contributed by atoms with E-state index in [2.05, 4.69) is 47.9 Å². The van der Waals surface area contributed by atoms with Crippen molar-refractivity contribution in [1.29, 1.82) is 0 Å². The molecule has 0 spiro atoms. The minimum absolute atomic E-state index is 0. The molecule has 13 heteroatoms. The number of aryl methyl sites for hydroxylation is 1. The molecule has 2 atom stereocenters. The summed E-state index contributed by atoms with van der Waals surface area (Å²) in [4.78, 5) is 25.3. The van der Waals surface area contributed by atoms with Gasteiger partial charge >= 0.3 is 5.97 Å². The number of thioether (sulfide) groups is 1. The van der Waals surface area contributed by atoms with E-state index >= 15 is 0 Å². The Morgan fingerprint density at radius 2 is 1.52 bits per heavy atom. The number of halogens is 2. The third kappa shape index (κ3) is 14.9. The van der Waals surface area contributed by atoms with E-state index in [9.17, 15) is 23.1 Å². The fraction of sp³-hybridized carbons (Fsp3) is 0.333. The monoisotopic (exact) mass is 790 g/mol. The van der Waals surface area contributed by atoms with Crippen LogP contribution in [0.5, 0.6) is 0 Å². The van der Waals surface area contributed by atoms with Gasteiger partial charge in [0.1, 0.15) is 6.04 Å². The summed E-state index contributed by atoms with van der Waals surface area (Å²) < 4.78 is 21.6. The third-order valence-corrected chi connectivity index (χ3v) is 9.89. The number of benzene rings is 4. The van der Waals surface area contributed by atoms with E-state index < -0.39 is 22.0 Å². The molecule has 9 nitrogen and oxygen atoms in total. The molecule has 284 valence electrons. The number of carboxylic acid groups (broad SMARTS) is 1. The lowest BCUT2D eigenvalue weighted by Gasteiger charge is -2.22. The summed E-state index contributed by atoms with van der Waals surface area (Å²) in [6, 6.07) is 29.9. The molecule has 0 aliphatic rings. The summed E-state index contributed by atoms with van der Waals surface area (Å²) in [5.74, 6) is -0.705. The van der Waals surface area contributed by atoms with Crippen LogP contribution in [0.3, 0.4) is 0 Å². The Morgan fingerprint density at radius 3 is 2.10 bits per heavy atom. The van der Waals surface area contributed by atoms with Crippen molar-refractivity contribution in [3.05, 3.63) is 125 Å². The molecule has 0 aliphatic carbocycles. The number of amides is 1. The molecule has 0 radical (unpaired) electrons. The minimum atomic E-state index is -3.57. The first kappa shape index (κ1) is 46.6. The van der Waals surface area contributed by atoms with Gasteiger partial charge in [0.15, 0.2) is 0 Å². The zero-order valence-electron chi connectivity index (χ0n) is 29.9. The highest BCUT2D eigenvalue weighted by Crippen LogP contribution is 2.31. The number of carbonyl (C=O) groups excluding carboxylic acids is 1. The topological polar surface area (TPSA) is 165 Å². The highest BCUT2D eigenvalue weighted by Gasteiger charge is 2.23. The SMILES string of the molecule is CCCCC(NCCc1ccccc1)c1ccc(C(=O)NC(CCSC)C(=O)O)c(-c2ccccc2C)c1.Cl.Cl.NCc1ccc(S(N)(=O)=O)cc1. The van der Waals surface area contributed by atoms with Crippen LogP contribution in [0.25, 0.3) is 11.1 Å². The lowest BCUT2D eigenvalue weighted by atomic mass is 9.90. The van der Waals surface area contributed by atoms with E-state index in [1.54, 1.807) is 23.9 Å². The van der Waals surface area contributed by atoms with Crippen molar-refractivity contribution in [2.75, 3.05) is 18.6 Å². The first-order valence-corrected chi connectivity index (χ1v) is 19.7. The zero-order chi connectivity index (χ0) is 36.5. The number of aliphatic carboxylic acids is 1. The molecule has 1 amide bonds. The number of primary sulfonamides is 1. The average molecular weight is 792 g/mol. The van der Waals surface area contributed by atoms with E-state index in [0.29, 0.717) is 24.3 Å². The van der Waals surface area contributed by atoms with Crippen LogP contribution in [0.1, 0.15) is 71.3 Å². The van der Waals surface area contributed by atoms with E-state index in [0.717, 1.165) is 60.0 Å². The Morgan fingerprint density at radius 1 is 0.865 bits per heavy atom. The van der Waals surface area contributed by atoms with Gasteiger partial charge in [-0.3, -0.25) is 4.79 Å². The molecule has 0 fully saturated rings. The van der Waals surface area contributed by atoms with Gasteiger partial charge in [-0.05, 0) is 102 Å². The summed E-state index contributed by atoms with van der Waals surface area (Å²) >= 11 is 1.57. The molecule has 0 saturated heterocycles. The van der Waals surface area contributed by atoms with Gasteiger partial charge in [-0.25, -0.2) is 18.4 Å². The lowest BCUT2D eigenvalue weighted by Crippen LogP contribution is -2.41. The van der Waals surface area contributed by atoms with Crippen molar-refractivity contribution in [3.63, 3.8) is 0 Å². The minimum Gasteiger partial charge on any atom is -0.480 e. The third-order valence-electron chi connectivity index (χ3n) is 8.32. The van der Waals surface area contributed by atoms with Crippen LogP contribution in [0.4, 0.5) is 0 Å². The molecule has 52 heavy (non-hydrogen) atoms. The van der Waals surface area contributed by atoms with Gasteiger partial charge in [0.25, 0.3) is 5.91 Å². The number of unbranched alkanes of at least 4 members (excludes halogenated alkanes) is 1. The van der Waals surface area contributed by atoms with E-state index in [-0.39, 0.29) is 41.7 Å². The smallest absolute Gasteiger partial charge is 0.326 e. The van der Waals surface area contributed by atoms with Crippen LogP contribution >= 0.6 is 36.6 Å². The van der Waals surface area contributed by atoms with E-state index in [1.807, 2.05) is 55.6 Å². The molecule has 0 aliphatic heterocycles. The molecule has 4 aromatic rings. The van der Waals surface area contributed by atoms with Crippen LogP contribution in [0.15, 0.2) is 102 Å². The van der Waals surface area contributed by atoms with Crippen LogP contribution in [0, 0.1) is 6.92 Å². The molecule has 0 saturated carbocycles. The Bertz CT molecular complexity index is 1780. The first-order chi connectivity index (χ1) is 24.0. The van der Waals surface area contributed by atoms with Gasteiger partial charge in [0, 0.05) is 18.2 Å². The van der Waals surface area contributed by atoms with Gasteiger partial charge in [-0.1, -0.05) is 92.6 Å². The quantitative estimate of drug-likeness (QED) is 0.0744. The Balaban J connectivity index is 0.000000821. The van der Waals surface area contributed by atoms with Gasteiger partial charge in [0.2, 0.25) is 10.0 Å². The maximum Gasteiger partial charge on any atom is 0.326 e. The van der Waals surface area contributed by atoms with Gasteiger partial charge in [0.05, 0.1) is 4.90 Å². The molecule has 7 N–H and O–H groups in total.